The lowest BCUT2D eigenvalue weighted by molar-refractivity contribution is -0.156. The van der Waals surface area contributed by atoms with Gasteiger partial charge in [0.15, 0.2) is 0 Å². The van der Waals surface area contributed by atoms with E-state index in [0.717, 1.165) is 31.4 Å². The summed E-state index contributed by atoms with van der Waals surface area (Å²) in [6.45, 7) is 0. The summed E-state index contributed by atoms with van der Waals surface area (Å²) >= 11 is 0. The summed E-state index contributed by atoms with van der Waals surface area (Å²) in [6, 6.07) is 0. The minimum atomic E-state index is -0.579. The van der Waals surface area contributed by atoms with Crippen molar-refractivity contribution in [2.45, 2.75) is 19.3 Å². The maximum absolute atomic E-state index is 11.2. The first-order valence-electron chi connectivity index (χ1n) is 12.0. The highest BCUT2D eigenvalue weighted by Crippen LogP contribution is 2.52. The molecule has 5 aliphatic carbocycles. The number of allylic oxidation sites excluding steroid dienone is 8. The Morgan fingerprint density at radius 2 is 0.861 bits per heavy atom. The molecule has 3 aliphatic heterocycles. The van der Waals surface area contributed by atoms with Crippen molar-refractivity contribution in [2.75, 3.05) is 0 Å². The van der Waals surface area contributed by atoms with E-state index in [1.165, 1.54) is 0 Å². The van der Waals surface area contributed by atoms with Gasteiger partial charge in [-0.1, -0.05) is 48.6 Å². The number of cyclic esters (lactones) is 6. The SMILES string of the molecule is C1=CCC=C1.O=C1C=CC(=O)O1.O=C1OC(=O)[C@H]2C3C=CC(C3)[C@@H]12.O=C1OC(=O)[C@H]2C3C=CC(C3)[C@@H]12.[2HH]. The zero-order valence-corrected chi connectivity index (χ0v) is 19.2. The van der Waals surface area contributed by atoms with Crippen molar-refractivity contribution < 1.29 is 44.4 Å². The molecule has 9 nitrogen and oxygen atoms in total. The van der Waals surface area contributed by atoms with Crippen molar-refractivity contribution in [3.05, 3.63) is 60.8 Å². The Bertz CT molecular complexity index is 1030. The van der Waals surface area contributed by atoms with E-state index in [4.69, 9.17) is 0 Å². The summed E-state index contributed by atoms with van der Waals surface area (Å²) in [6.07, 6.45) is 21.8. The van der Waals surface area contributed by atoms with Gasteiger partial charge in [-0.3, -0.25) is 19.2 Å². The predicted octanol–water partition coefficient (Wildman–Crippen LogP) is 2.39. The standard InChI is InChI=1S/2C9H8O3.C5H6.C4H2O3.H2/c2*10-8-6-4-1-2-5(3-4)7(6)9(11)12-8;1-2-4-5-3-1;5-3-1-2-4(6)7-3;/h2*1-2,4-7H,3H2;1-4H,5H2;1-2H;1H/t2*4?,5?,6-,7+;;;/i;;;;1+1. The third-order valence-electron chi connectivity index (χ3n) is 7.62. The van der Waals surface area contributed by atoms with Gasteiger partial charge in [0.05, 0.1) is 23.7 Å². The van der Waals surface area contributed by atoms with Gasteiger partial charge in [-0.15, -0.1) is 0 Å². The number of ether oxygens (including phenoxy) is 3. The van der Waals surface area contributed by atoms with Crippen LogP contribution in [0, 0.1) is 47.3 Å². The zero-order chi connectivity index (χ0) is 25.4. The molecule has 4 unspecified atom stereocenters. The van der Waals surface area contributed by atoms with Gasteiger partial charge in [0, 0.05) is 13.6 Å². The molecular formula is C27H26O9. The number of carbonyl (C=O) groups is 6. The fourth-order valence-electron chi connectivity index (χ4n) is 6.10. The van der Waals surface area contributed by atoms with Gasteiger partial charge < -0.3 is 14.2 Å². The predicted molar refractivity (Wildman–Crippen MR) is 123 cm³/mol. The van der Waals surface area contributed by atoms with E-state index in [1.807, 2.05) is 24.3 Å². The average Bonchev–Trinajstić information content (AvgIpc) is 3.69. The summed E-state index contributed by atoms with van der Waals surface area (Å²) in [7, 11) is 0. The van der Waals surface area contributed by atoms with Crippen LogP contribution >= 0.6 is 0 Å². The van der Waals surface area contributed by atoms with Crippen molar-refractivity contribution >= 4 is 35.8 Å². The second-order valence-electron chi connectivity index (χ2n) is 9.65. The van der Waals surface area contributed by atoms with Crippen molar-refractivity contribution in [2.24, 2.45) is 47.3 Å². The highest BCUT2D eigenvalue weighted by atomic mass is 16.6. The van der Waals surface area contributed by atoms with Crippen LogP contribution < -0.4 is 0 Å². The minimum absolute atomic E-state index is 0. The molecule has 8 rings (SSSR count). The Morgan fingerprint density at radius 1 is 0.528 bits per heavy atom. The van der Waals surface area contributed by atoms with E-state index in [1.54, 1.807) is 0 Å². The van der Waals surface area contributed by atoms with E-state index in [-0.39, 0.29) is 72.6 Å². The first-order chi connectivity index (χ1) is 17.3. The molecule has 0 aromatic carbocycles. The highest BCUT2D eigenvalue weighted by molar-refractivity contribution is 6.05. The number of hydrogen-bond acceptors (Lipinski definition) is 9. The van der Waals surface area contributed by atoms with Crippen LogP contribution in [0.4, 0.5) is 0 Å². The topological polar surface area (TPSA) is 130 Å². The van der Waals surface area contributed by atoms with Crippen LogP contribution in [0.1, 0.15) is 20.7 Å². The zero-order valence-electron chi connectivity index (χ0n) is 19.2. The summed E-state index contributed by atoms with van der Waals surface area (Å²) in [5.74, 6) is -1.85. The van der Waals surface area contributed by atoms with Gasteiger partial charge in [0.25, 0.3) is 0 Å². The monoisotopic (exact) mass is 495 g/mol. The minimum Gasteiger partial charge on any atom is -0.393 e. The Morgan fingerprint density at radius 3 is 1.08 bits per heavy atom. The van der Waals surface area contributed by atoms with E-state index in [2.05, 4.69) is 38.5 Å². The molecule has 0 aromatic heterocycles. The fraction of sp³-hybridized carbons (Fsp3) is 0.407. The quantitative estimate of drug-likeness (QED) is 0.215. The van der Waals surface area contributed by atoms with Gasteiger partial charge >= 0.3 is 35.8 Å². The lowest BCUT2D eigenvalue weighted by atomic mass is 9.85. The van der Waals surface area contributed by atoms with Crippen LogP contribution in [0.25, 0.3) is 0 Å². The number of esters is 6. The molecule has 9 heteroatoms. The van der Waals surface area contributed by atoms with Gasteiger partial charge in [-0.25, -0.2) is 9.59 Å². The Balaban J connectivity index is 0.000000121. The maximum Gasteiger partial charge on any atom is 0.338 e. The molecule has 0 N–H and O–H groups in total. The lowest BCUT2D eigenvalue weighted by Gasteiger charge is -2.12. The number of rotatable bonds is 0. The Hall–Kier alpha value is -3.88. The molecule has 0 spiro atoms. The molecule has 2 saturated heterocycles. The summed E-state index contributed by atoms with van der Waals surface area (Å²) in [4.78, 5) is 64.6. The van der Waals surface area contributed by atoms with Crippen molar-refractivity contribution in [1.82, 2.24) is 0 Å². The second kappa shape index (κ2) is 9.64. The first kappa shape index (κ1) is 23.8. The van der Waals surface area contributed by atoms with Gasteiger partial charge in [0.1, 0.15) is 0 Å². The van der Waals surface area contributed by atoms with Crippen LogP contribution in [0.2, 0.25) is 0 Å². The highest BCUT2D eigenvalue weighted by Gasteiger charge is 2.58. The number of fused-ring (bicyclic) bond motifs is 10. The molecule has 0 radical (unpaired) electrons. The molecule has 2 saturated carbocycles. The van der Waals surface area contributed by atoms with Gasteiger partial charge in [-0.05, 0) is 42.9 Å². The third kappa shape index (κ3) is 4.41. The molecule has 36 heavy (non-hydrogen) atoms. The summed E-state index contributed by atoms with van der Waals surface area (Å²) in [5.41, 5.74) is 0. The van der Waals surface area contributed by atoms with Crippen LogP contribution in [-0.2, 0) is 43.0 Å². The molecule has 0 aromatic rings. The number of carbonyl (C=O) groups excluding carboxylic acids is 6. The molecule has 8 atom stereocenters. The van der Waals surface area contributed by atoms with Crippen molar-refractivity contribution in [1.29, 1.82) is 0 Å². The van der Waals surface area contributed by atoms with E-state index >= 15 is 0 Å². The second-order valence-corrected chi connectivity index (χ2v) is 9.65. The molecular weight excluding hydrogens is 468 g/mol. The largest absolute Gasteiger partial charge is 0.393 e. The molecule has 4 bridgehead atoms. The van der Waals surface area contributed by atoms with Crippen molar-refractivity contribution in [3.8, 4) is 0 Å². The molecule has 3 heterocycles. The Labute approximate surface area is 208 Å². The molecule has 8 aliphatic rings. The van der Waals surface area contributed by atoms with Gasteiger partial charge in [0.2, 0.25) is 0 Å². The Kier molecular flexibility index (Phi) is 6.38. The average molecular weight is 496 g/mol. The van der Waals surface area contributed by atoms with Crippen molar-refractivity contribution in [3.63, 3.8) is 0 Å². The fourth-order valence-corrected chi connectivity index (χ4v) is 6.10. The van der Waals surface area contributed by atoms with E-state index in [0.29, 0.717) is 0 Å². The van der Waals surface area contributed by atoms with Crippen LogP contribution in [0.3, 0.4) is 0 Å². The lowest BCUT2D eigenvalue weighted by Crippen LogP contribution is -2.21. The molecule has 188 valence electrons. The smallest absolute Gasteiger partial charge is 0.338 e. The number of hydrogen-bond donors (Lipinski definition) is 0. The van der Waals surface area contributed by atoms with Crippen LogP contribution in [-0.4, -0.2) is 35.8 Å². The van der Waals surface area contributed by atoms with Crippen LogP contribution in [0.5, 0.6) is 0 Å². The normalized spacial score (nSPS) is 38.1. The first-order valence-corrected chi connectivity index (χ1v) is 12.0. The maximum atomic E-state index is 11.2. The molecule has 4 fully saturated rings. The van der Waals surface area contributed by atoms with E-state index < -0.39 is 11.9 Å². The molecule has 0 amide bonds. The van der Waals surface area contributed by atoms with Crippen LogP contribution in [0.15, 0.2) is 60.8 Å². The van der Waals surface area contributed by atoms with Gasteiger partial charge in [-0.2, -0.15) is 0 Å². The summed E-state index contributed by atoms with van der Waals surface area (Å²) in [5, 5.41) is 0. The van der Waals surface area contributed by atoms with E-state index in [9.17, 15) is 28.8 Å². The third-order valence-corrected chi connectivity index (χ3v) is 7.62. The summed E-state index contributed by atoms with van der Waals surface area (Å²) < 4.78 is 13.2.